The molecular formula is C24H34ClFN3O+. The second-order valence-electron chi connectivity index (χ2n) is 9.99. The van der Waals surface area contributed by atoms with Crippen LogP contribution < -0.4 is 5.41 Å². The van der Waals surface area contributed by atoms with Crippen molar-refractivity contribution in [3.63, 3.8) is 0 Å². The van der Waals surface area contributed by atoms with Crippen molar-refractivity contribution in [2.24, 2.45) is 23.2 Å². The third-order valence-electron chi connectivity index (χ3n) is 6.74. The number of nitrogens with one attached hydrogen (secondary N) is 1. The highest BCUT2D eigenvalue weighted by atomic mass is 35.5. The molecule has 0 amide bonds. The van der Waals surface area contributed by atoms with Gasteiger partial charge in [0.15, 0.2) is 0 Å². The first-order valence-electron chi connectivity index (χ1n) is 10.8. The summed E-state index contributed by atoms with van der Waals surface area (Å²) in [6, 6.07) is 4.05. The third kappa shape index (κ3) is 5.70. The summed E-state index contributed by atoms with van der Waals surface area (Å²) in [7, 11) is 0. The van der Waals surface area contributed by atoms with Crippen LogP contribution in [0.3, 0.4) is 0 Å². The number of nitrogens with two attached hydrogens (primary N) is 1. The fourth-order valence-electron chi connectivity index (χ4n) is 4.44. The van der Waals surface area contributed by atoms with Crippen LogP contribution in [0.5, 0.6) is 0 Å². The van der Waals surface area contributed by atoms with Crippen LogP contribution in [0.25, 0.3) is 0 Å². The van der Waals surface area contributed by atoms with E-state index in [2.05, 4.69) is 32.6 Å². The lowest BCUT2D eigenvalue weighted by atomic mass is 9.82. The number of halogens is 2. The molecule has 4 nitrogen and oxygen atoms in total. The standard InChI is InChI=1S/C24H33ClFN3O/c1-15(24(2,3)4)12-29-13-16-9-19(10-17(16)14-29)30-23(28)8-7-22(27)20-11-18(26)5-6-21(20)25/h5-8,11,15-17,19,27-28H,9-10,12-14H2,1-4H3/p+1/b8-7-,27-22?,28-23?/t15?,16-,17+,19?. The predicted octanol–water partition coefficient (Wildman–Crippen LogP) is 3.97. The van der Waals surface area contributed by atoms with Gasteiger partial charge in [0.25, 0.3) is 0 Å². The molecule has 3 rings (SSSR count). The van der Waals surface area contributed by atoms with E-state index in [1.807, 2.05) is 0 Å². The number of likely N-dealkylation sites (tertiary alicyclic amines) is 1. The Hall–Kier alpha value is -1.72. The Bertz CT molecular complexity index is 818. The van der Waals surface area contributed by atoms with Crippen molar-refractivity contribution in [2.45, 2.75) is 46.6 Å². The molecule has 1 aromatic rings. The number of ether oxygens (including phenoxy) is 1. The van der Waals surface area contributed by atoms with Gasteiger partial charge in [0.2, 0.25) is 11.6 Å². The minimum Gasteiger partial charge on any atom is -0.475 e. The van der Waals surface area contributed by atoms with Gasteiger partial charge < -0.3 is 9.64 Å². The van der Waals surface area contributed by atoms with Crippen LogP contribution >= 0.6 is 11.6 Å². The Labute approximate surface area is 184 Å². The normalized spacial score (nSPS) is 25.5. The van der Waals surface area contributed by atoms with E-state index in [-0.39, 0.29) is 12.0 Å². The van der Waals surface area contributed by atoms with Crippen molar-refractivity contribution >= 4 is 23.2 Å². The Balaban J connectivity index is 1.47. The maximum absolute atomic E-state index is 13.4. The number of benzene rings is 1. The van der Waals surface area contributed by atoms with Gasteiger partial charge in [0.1, 0.15) is 11.9 Å². The van der Waals surface area contributed by atoms with Gasteiger partial charge in [-0.15, -0.1) is 0 Å². The van der Waals surface area contributed by atoms with Crippen molar-refractivity contribution in [3.05, 3.63) is 46.8 Å². The number of hydrogen-bond donors (Lipinski definition) is 2. The molecule has 1 aromatic carbocycles. The average molecular weight is 435 g/mol. The summed E-state index contributed by atoms with van der Waals surface area (Å²) in [5, 5.41) is 14.5. The molecular weight excluding hydrogens is 401 g/mol. The molecule has 0 bridgehead atoms. The van der Waals surface area contributed by atoms with Crippen molar-refractivity contribution in [1.29, 1.82) is 5.41 Å². The summed E-state index contributed by atoms with van der Waals surface area (Å²) in [6.45, 7) is 12.7. The minimum atomic E-state index is -0.402. The van der Waals surface area contributed by atoms with E-state index in [0.717, 1.165) is 32.5 Å². The molecule has 30 heavy (non-hydrogen) atoms. The molecule has 164 valence electrons. The van der Waals surface area contributed by atoms with Crippen molar-refractivity contribution in [3.8, 4) is 0 Å². The molecule has 0 radical (unpaired) electrons. The topological polar surface area (TPSA) is 61.9 Å². The summed E-state index contributed by atoms with van der Waals surface area (Å²) in [6.07, 6.45) is 5.14. The zero-order valence-corrected chi connectivity index (χ0v) is 19.2. The Morgan fingerprint density at radius 2 is 1.93 bits per heavy atom. The second kappa shape index (κ2) is 9.19. The highest BCUT2D eigenvalue weighted by Gasteiger charge is 2.42. The Morgan fingerprint density at radius 3 is 2.53 bits per heavy atom. The first kappa shape index (κ1) is 23.0. The minimum absolute atomic E-state index is 0.0775. The van der Waals surface area contributed by atoms with Crippen LogP contribution in [-0.4, -0.2) is 42.2 Å². The summed E-state index contributed by atoms with van der Waals surface area (Å²) < 4.78 is 19.3. The summed E-state index contributed by atoms with van der Waals surface area (Å²) in [4.78, 5) is 2.60. The molecule has 2 unspecified atom stereocenters. The number of hydrogen-bond acceptors (Lipinski definition) is 3. The van der Waals surface area contributed by atoms with Crippen LogP contribution in [0.1, 0.15) is 46.1 Å². The van der Waals surface area contributed by atoms with Gasteiger partial charge in [-0.25, -0.2) is 4.39 Å². The molecule has 1 heterocycles. The lowest BCUT2D eigenvalue weighted by Crippen LogP contribution is -2.39. The molecule has 6 heteroatoms. The molecule has 1 saturated heterocycles. The van der Waals surface area contributed by atoms with Crippen LogP contribution in [0.15, 0.2) is 30.4 Å². The van der Waals surface area contributed by atoms with E-state index in [4.69, 9.17) is 27.2 Å². The van der Waals surface area contributed by atoms with E-state index in [1.165, 1.54) is 24.3 Å². The maximum atomic E-state index is 13.4. The van der Waals surface area contributed by atoms with Crippen LogP contribution in [0, 0.1) is 34.4 Å². The zero-order chi connectivity index (χ0) is 22.1. The van der Waals surface area contributed by atoms with E-state index < -0.39 is 5.82 Å². The maximum Gasteiger partial charge on any atom is 0.206 e. The van der Waals surface area contributed by atoms with E-state index in [0.29, 0.717) is 39.5 Å². The zero-order valence-electron chi connectivity index (χ0n) is 18.4. The average Bonchev–Trinajstić information content (AvgIpc) is 3.18. The number of fused-ring (bicyclic) bond motifs is 1. The molecule has 2 aliphatic rings. The highest BCUT2D eigenvalue weighted by Crippen LogP contribution is 2.40. The lowest BCUT2D eigenvalue weighted by Gasteiger charge is -2.31. The largest absolute Gasteiger partial charge is 0.475 e. The Morgan fingerprint density at radius 1 is 1.30 bits per heavy atom. The number of nitrogens with zero attached hydrogens (tertiary/aromatic N) is 1. The van der Waals surface area contributed by atoms with Gasteiger partial charge in [0, 0.05) is 31.8 Å². The number of rotatable bonds is 6. The van der Waals surface area contributed by atoms with Crippen LogP contribution in [0.2, 0.25) is 5.02 Å². The molecule has 0 spiro atoms. The summed E-state index contributed by atoms with van der Waals surface area (Å²) >= 11 is 6.08. The van der Waals surface area contributed by atoms with E-state index in [9.17, 15) is 4.39 Å². The van der Waals surface area contributed by atoms with Gasteiger partial charge >= 0.3 is 0 Å². The van der Waals surface area contributed by atoms with Crippen LogP contribution in [-0.2, 0) is 4.74 Å². The summed E-state index contributed by atoms with van der Waals surface area (Å²) in [5.74, 6) is 1.65. The molecule has 4 atom stereocenters. The fraction of sp³-hybridized carbons (Fsp3) is 0.583. The molecule has 1 aliphatic heterocycles. The summed E-state index contributed by atoms with van der Waals surface area (Å²) in [5.41, 5.74) is 1.06. The first-order valence-corrected chi connectivity index (χ1v) is 11.1. The fourth-order valence-corrected chi connectivity index (χ4v) is 4.67. The number of allylic oxidation sites excluding steroid dienone is 1. The van der Waals surface area contributed by atoms with E-state index >= 15 is 0 Å². The molecule has 1 aliphatic carbocycles. The van der Waals surface area contributed by atoms with Crippen molar-refractivity contribution in [1.82, 2.24) is 4.90 Å². The van der Waals surface area contributed by atoms with Crippen LogP contribution in [0.4, 0.5) is 4.39 Å². The quantitative estimate of drug-likeness (QED) is 0.525. The Kier molecular flexibility index (Phi) is 7.03. The second-order valence-corrected chi connectivity index (χ2v) is 10.4. The van der Waals surface area contributed by atoms with Gasteiger partial charge in [0.05, 0.1) is 10.6 Å². The third-order valence-corrected chi connectivity index (χ3v) is 7.07. The smallest absolute Gasteiger partial charge is 0.206 e. The monoisotopic (exact) mass is 434 g/mol. The molecule has 0 aromatic heterocycles. The van der Waals surface area contributed by atoms with Gasteiger partial charge in [-0.3, -0.25) is 10.8 Å². The van der Waals surface area contributed by atoms with Crippen molar-refractivity contribution < 1.29 is 14.5 Å². The van der Waals surface area contributed by atoms with Gasteiger partial charge in [-0.05, 0) is 54.2 Å². The lowest BCUT2D eigenvalue weighted by molar-refractivity contribution is -0.111. The first-order chi connectivity index (χ1) is 14.0. The predicted molar refractivity (Wildman–Crippen MR) is 120 cm³/mol. The molecule has 1 saturated carbocycles. The van der Waals surface area contributed by atoms with Gasteiger partial charge in [-0.1, -0.05) is 39.3 Å². The highest BCUT2D eigenvalue weighted by molar-refractivity contribution is 6.34. The van der Waals surface area contributed by atoms with Crippen molar-refractivity contribution in [2.75, 3.05) is 19.6 Å². The van der Waals surface area contributed by atoms with Gasteiger partial charge in [-0.2, -0.15) is 0 Å². The van der Waals surface area contributed by atoms with E-state index in [1.54, 1.807) is 6.08 Å². The molecule has 3 N–H and O–H groups in total. The SMILES string of the molecule is CC(CN1C[C@H]2CC(OC(=N)/C=C\C(=[NH2+])c3cc(F)ccc3Cl)C[C@H]2C1)C(C)(C)C. The molecule has 2 fully saturated rings.